The molecule has 5 rings (SSSR count). The van der Waals surface area contributed by atoms with Crippen LogP contribution in [-0.2, 0) is 25.7 Å². The van der Waals surface area contributed by atoms with E-state index in [4.69, 9.17) is 9.47 Å². The Morgan fingerprint density at radius 1 is 0.927 bits per heavy atom. The fourth-order valence-corrected chi connectivity index (χ4v) is 5.85. The van der Waals surface area contributed by atoms with E-state index in [0.717, 1.165) is 47.1 Å². The van der Waals surface area contributed by atoms with Crippen LogP contribution in [0.15, 0.2) is 78.9 Å². The lowest BCUT2D eigenvalue weighted by molar-refractivity contribution is -0.147. The van der Waals surface area contributed by atoms with Crippen molar-refractivity contribution in [1.29, 1.82) is 0 Å². The molecule has 41 heavy (non-hydrogen) atoms. The number of alkyl carbamates (subject to hydrolysis) is 1. The number of carbonyl (C=O) groups excluding carboxylic acids is 2. The summed E-state index contributed by atoms with van der Waals surface area (Å²) < 4.78 is 11.4. The number of carboxylic acid groups (broad SMARTS) is 1. The molecule has 2 aliphatic carbocycles. The maximum absolute atomic E-state index is 12.9. The lowest BCUT2D eigenvalue weighted by atomic mass is 9.66. The lowest BCUT2D eigenvalue weighted by Gasteiger charge is -2.41. The molecule has 2 aliphatic rings. The Kier molecular flexibility index (Phi) is 8.69. The zero-order valence-corrected chi connectivity index (χ0v) is 23.2. The molecule has 0 spiro atoms. The first-order chi connectivity index (χ1) is 19.8. The second kappa shape index (κ2) is 12.6. The zero-order valence-electron chi connectivity index (χ0n) is 23.2. The van der Waals surface area contributed by atoms with Gasteiger partial charge in [-0.2, -0.15) is 0 Å². The van der Waals surface area contributed by atoms with Gasteiger partial charge in [0.1, 0.15) is 6.61 Å². The van der Waals surface area contributed by atoms with Gasteiger partial charge in [0.2, 0.25) is 5.91 Å². The maximum Gasteiger partial charge on any atom is 0.407 e. The number of hydrogen-bond acceptors (Lipinski definition) is 5. The monoisotopic (exact) mass is 556 g/mol. The number of rotatable bonds is 12. The Hall–Kier alpha value is -4.17. The molecule has 8 heteroatoms. The summed E-state index contributed by atoms with van der Waals surface area (Å²) in [6.07, 6.45) is 1.34. The summed E-state index contributed by atoms with van der Waals surface area (Å²) in [6.45, 7) is 2.39. The van der Waals surface area contributed by atoms with Gasteiger partial charge in [0.25, 0.3) is 0 Å². The minimum absolute atomic E-state index is 0.0318. The third-order valence-electron chi connectivity index (χ3n) is 8.31. The molecule has 0 unspecified atom stereocenters. The molecule has 0 saturated heterocycles. The smallest absolute Gasteiger partial charge is 0.407 e. The fourth-order valence-electron chi connectivity index (χ4n) is 5.85. The summed E-state index contributed by atoms with van der Waals surface area (Å²) in [5.74, 6) is -1.56. The summed E-state index contributed by atoms with van der Waals surface area (Å²) in [7, 11) is 0. The molecule has 0 aliphatic heterocycles. The highest BCUT2D eigenvalue weighted by atomic mass is 16.5. The molecule has 8 nitrogen and oxygen atoms in total. The van der Waals surface area contributed by atoms with E-state index < -0.39 is 29.6 Å². The van der Waals surface area contributed by atoms with Crippen LogP contribution in [0.4, 0.5) is 4.79 Å². The Labute approximate surface area is 240 Å². The lowest BCUT2D eigenvalue weighted by Crippen LogP contribution is -2.51. The van der Waals surface area contributed by atoms with E-state index >= 15 is 0 Å². The quantitative estimate of drug-likeness (QED) is 0.280. The molecule has 3 aromatic rings. The molecule has 0 radical (unpaired) electrons. The molecule has 1 saturated carbocycles. The van der Waals surface area contributed by atoms with Gasteiger partial charge >= 0.3 is 12.1 Å². The second-order valence-corrected chi connectivity index (χ2v) is 11.1. The third-order valence-corrected chi connectivity index (χ3v) is 8.31. The molecule has 214 valence electrons. The SMILES string of the molecule is C[C@@H](OCc1ccccc1)[C@H](NC(=O)CC1(CNC(=O)OCC2c3ccccc3-c3ccccc32)CCC1)C(=O)O. The number of hydrogen-bond donors (Lipinski definition) is 3. The predicted octanol–water partition coefficient (Wildman–Crippen LogP) is 5.26. The van der Waals surface area contributed by atoms with E-state index in [9.17, 15) is 19.5 Å². The van der Waals surface area contributed by atoms with E-state index in [0.29, 0.717) is 0 Å². The molecule has 2 atom stereocenters. The number of amides is 2. The van der Waals surface area contributed by atoms with E-state index in [-0.39, 0.29) is 38.0 Å². The van der Waals surface area contributed by atoms with Crippen LogP contribution in [0.25, 0.3) is 11.1 Å². The van der Waals surface area contributed by atoms with E-state index in [2.05, 4.69) is 34.9 Å². The van der Waals surface area contributed by atoms with Crippen molar-refractivity contribution in [2.75, 3.05) is 13.2 Å². The van der Waals surface area contributed by atoms with E-state index in [1.54, 1.807) is 6.92 Å². The van der Waals surface area contributed by atoms with Gasteiger partial charge in [0, 0.05) is 18.9 Å². The van der Waals surface area contributed by atoms with Crippen molar-refractivity contribution in [1.82, 2.24) is 10.6 Å². The Bertz CT molecular complexity index is 1340. The van der Waals surface area contributed by atoms with Crippen LogP contribution in [0.5, 0.6) is 0 Å². The van der Waals surface area contributed by atoms with Crippen LogP contribution < -0.4 is 10.6 Å². The third kappa shape index (κ3) is 6.60. The number of aliphatic carboxylic acids is 1. The highest BCUT2D eigenvalue weighted by Gasteiger charge is 2.40. The molecule has 0 heterocycles. The second-order valence-electron chi connectivity index (χ2n) is 11.1. The summed E-state index contributed by atoms with van der Waals surface area (Å²) in [4.78, 5) is 37.6. The number of nitrogens with one attached hydrogen (secondary N) is 2. The molecular formula is C33H36N2O6. The molecule has 1 fully saturated rings. The predicted molar refractivity (Wildman–Crippen MR) is 154 cm³/mol. The van der Waals surface area contributed by atoms with Crippen molar-refractivity contribution in [3.8, 4) is 11.1 Å². The molecule has 2 amide bonds. The summed E-state index contributed by atoms with van der Waals surface area (Å²) >= 11 is 0. The molecular weight excluding hydrogens is 520 g/mol. The van der Waals surface area contributed by atoms with Crippen molar-refractivity contribution >= 4 is 18.0 Å². The highest BCUT2D eigenvalue weighted by molar-refractivity contribution is 5.84. The number of carbonyl (C=O) groups is 3. The Morgan fingerprint density at radius 3 is 2.12 bits per heavy atom. The fraction of sp³-hybridized carbons (Fsp3) is 0.364. The number of ether oxygens (including phenoxy) is 2. The van der Waals surface area contributed by atoms with Gasteiger partial charge in [-0.1, -0.05) is 85.3 Å². The average Bonchev–Trinajstić information content (AvgIpc) is 3.28. The summed E-state index contributed by atoms with van der Waals surface area (Å²) in [6, 6.07) is 24.6. The summed E-state index contributed by atoms with van der Waals surface area (Å²) in [5, 5.41) is 15.2. The normalized spacial score (nSPS) is 16.4. The van der Waals surface area contributed by atoms with Gasteiger partial charge in [0.15, 0.2) is 6.04 Å². The minimum atomic E-state index is -1.18. The topological polar surface area (TPSA) is 114 Å². The van der Waals surface area contributed by atoms with E-state index in [1.165, 1.54) is 0 Å². The minimum Gasteiger partial charge on any atom is -0.480 e. The van der Waals surface area contributed by atoms with Crippen LogP contribution in [0.1, 0.15) is 55.2 Å². The largest absolute Gasteiger partial charge is 0.480 e. The molecule has 0 bridgehead atoms. The van der Waals surface area contributed by atoms with Gasteiger partial charge in [-0.3, -0.25) is 4.79 Å². The van der Waals surface area contributed by atoms with Crippen molar-refractivity contribution in [2.45, 2.75) is 57.3 Å². The molecule has 3 aromatic carbocycles. The number of benzene rings is 3. The van der Waals surface area contributed by atoms with Gasteiger partial charge in [-0.25, -0.2) is 9.59 Å². The zero-order chi connectivity index (χ0) is 28.8. The first kappa shape index (κ1) is 28.4. The van der Waals surface area contributed by atoms with Crippen molar-refractivity contribution in [2.24, 2.45) is 5.41 Å². The number of carboxylic acids is 1. The van der Waals surface area contributed by atoms with Crippen LogP contribution >= 0.6 is 0 Å². The van der Waals surface area contributed by atoms with Gasteiger partial charge in [-0.15, -0.1) is 0 Å². The van der Waals surface area contributed by atoms with Gasteiger partial charge < -0.3 is 25.2 Å². The van der Waals surface area contributed by atoms with Crippen molar-refractivity contribution < 1.29 is 29.0 Å². The first-order valence-corrected chi connectivity index (χ1v) is 14.1. The van der Waals surface area contributed by atoms with Crippen LogP contribution in [0.2, 0.25) is 0 Å². The maximum atomic E-state index is 12.9. The average molecular weight is 557 g/mol. The van der Waals surface area contributed by atoms with Crippen LogP contribution in [0, 0.1) is 5.41 Å². The number of fused-ring (bicyclic) bond motifs is 3. The van der Waals surface area contributed by atoms with Crippen molar-refractivity contribution in [3.05, 3.63) is 95.6 Å². The van der Waals surface area contributed by atoms with E-state index in [1.807, 2.05) is 54.6 Å². The van der Waals surface area contributed by atoms with Crippen LogP contribution in [0.3, 0.4) is 0 Å². The first-order valence-electron chi connectivity index (χ1n) is 14.1. The van der Waals surface area contributed by atoms with Crippen LogP contribution in [-0.4, -0.2) is 48.4 Å². The standard InChI is InChI=1S/C33H36N2O6/c1-22(40-19-23-10-3-2-4-11-23)30(31(37)38)35-29(36)18-33(16-9-17-33)21-34-32(39)41-20-28-26-14-7-5-12-24(26)25-13-6-8-15-27(25)28/h2-8,10-15,22,28,30H,9,16-21H2,1H3,(H,34,39)(H,35,36)(H,37,38)/t22-,30+/m1/s1. The molecule has 0 aromatic heterocycles. The highest BCUT2D eigenvalue weighted by Crippen LogP contribution is 2.45. The Morgan fingerprint density at radius 2 is 1.54 bits per heavy atom. The van der Waals surface area contributed by atoms with Gasteiger partial charge in [-0.05, 0) is 53.0 Å². The summed E-state index contributed by atoms with van der Waals surface area (Å²) in [5.41, 5.74) is 5.11. The molecule has 3 N–H and O–H groups in total. The van der Waals surface area contributed by atoms with Crippen molar-refractivity contribution in [3.63, 3.8) is 0 Å². The Balaban J connectivity index is 1.12. The van der Waals surface area contributed by atoms with Gasteiger partial charge in [0.05, 0.1) is 12.7 Å².